The summed E-state index contributed by atoms with van der Waals surface area (Å²) in [6.07, 6.45) is 1.07. The third kappa shape index (κ3) is 3.74. The van der Waals surface area contributed by atoms with E-state index in [1.807, 2.05) is 0 Å². The highest BCUT2D eigenvalue weighted by molar-refractivity contribution is 7.09. The first-order valence-electron chi connectivity index (χ1n) is 6.40. The van der Waals surface area contributed by atoms with Gasteiger partial charge in [-0.2, -0.15) is 0 Å². The molecular formula is C12H22N4S. The van der Waals surface area contributed by atoms with E-state index < -0.39 is 0 Å². The molecular weight excluding hydrogens is 232 g/mol. The molecule has 2 rings (SSSR count). The van der Waals surface area contributed by atoms with Crippen LogP contribution in [0.1, 0.15) is 17.6 Å². The van der Waals surface area contributed by atoms with Crippen molar-refractivity contribution in [3.05, 3.63) is 16.1 Å². The molecule has 1 aliphatic heterocycles. The summed E-state index contributed by atoms with van der Waals surface area (Å²) in [5.41, 5.74) is 6.59. The van der Waals surface area contributed by atoms with Crippen molar-refractivity contribution in [3.63, 3.8) is 0 Å². The van der Waals surface area contributed by atoms with Gasteiger partial charge in [-0.3, -0.25) is 0 Å². The maximum Gasteiger partial charge on any atom is 0.0941 e. The minimum Gasteiger partial charge on any atom is -0.325 e. The fourth-order valence-electron chi connectivity index (χ4n) is 2.14. The number of thiazole rings is 1. The zero-order valence-corrected chi connectivity index (χ0v) is 11.4. The van der Waals surface area contributed by atoms with Crippen LogP contribution in [0.5, 0.6) is 0 Å². The lowest BCUT2D eigenvalue weighted by atomic mass is 10.3. The van der Waals surface area contributed by atoms with Crippen molar-refractivity contribution in [2.24, 2.45) is 5.73 Å². The fraction of sp³-hybridized carbons (Fsp3) is 0.750. The average Bonchev–Trinajstić information content (AvgIpc) is 2.85. The first-order valence-corrected chi connectivity index (χ1v) is 7.28. The van der Waals surface area contributed by atoms with Gasteiger partial charge >= 0.3 is 0 Å². The number of hydrogen-bond acceptors (Lipinski definition) is 5. The molecule has 0 aromatic carbocycles. The number of hydrogen-bond donors (Lipinski definition) is 1. The summed E-state index contributed by atoms with van der Waals surface area (Å²) in [6, 6.07) is 0. The predicted octanol–water partition coefficient (Wildman–Crippen LogP) is 0.782. The standard InChI is InChI=1S/C12H22N4S/c1-2-15-5-7-16(8-6-15)4-3-12-14-11(9-13)10-17-12/h10H,2-9,13H2,1H3. The molecule has 1 fully saturated rings. The van der Waals surface area contributed by atoms with Gasteiger partial charge in [0, 0.05) is 51.1 Å². The van der Waals surface area contributed by atoms with Gasteiger partial charge in [0.1, 0.15) is 0 Å². The smallest absolute Gasteiger partial charge is 0.0941 e. The number of piperazine rings is 1. The Bertz CT molecular complexity index is 331. The largest absolute Gasteiger partial charge is 0.325 e. The molecule has 2 heterocycles. The van der Waals surface area contributed by atoms with Crippen molar-refractivity contribution >= 4 is 11.3 Å². The van der Waals surface area contributed by atoms with Crippen LogP contribution in [0.2, 0.25) is 0 Å². The van der Waals surface area contributed by atoms with Gasteiger partial charge in [0.15, 0.2) is 0 Å². The van der Waals surface area contributed by atoms with Crippen LogP contribution in [0.4, 0.5) is 0 Å². The molecule has 0 unspecified atom stereocenters. The zero-order chi connectivity index (χ0) is 12.1. The minimum atomic E-state index is 0.561. The van der Waals surface area contributed by atoms with Crippen LogP contribution < -0.4 is 5.73 Å². The quantitative estimate of drug-likeness (QED) is 0.843. The normalized spacial score (nSPS) is 18.7. The van der Waals surface area contributed by atoms with Crippen molar-refractivity contribution in [2.45, 2.75) is 19.9 Å². The van der Waals surface area contributed by atoms with Gasteiger partial charge in [0.05, 0.1) is 10.7 Å². The Labute approximate surface area is 107 Å². The molecule has 1 aromatic rings. The summed E-state index contributed by atoms with van der Waals surface area (Å²) in [5, 5.41) is 3.30. The molecule has 4 nitrogen and oxygen atoms in total. The molecule has 1 saturated heterocycles. The van der Waals surface area contributed by atoms with E-state index in [9.17, 15) is 0 Å². The predicted molar refractivity (Wildman–Crippen MR) is 72.3 cm³/mol. The molecule has 0 saturated carbocycles. The molecule has 0 amide bonds. The molecule has 0 atom stereocenters. The molecule has 17 heavy (non-hydrogen) atoms. The van der Waals surface area contributed by atoms with Gasteiger partial charge in [0.2, 0.25) is 0 Å². The Morgan fingerprint density at radius 2 is 2.00 bits per heavy atom. The van der Waals surface area contributed by atoms with E-state index >= 15 is 0 Å². The number of likely N-dealkylation sites (N-methyl/N-ethyl adjacent to an activating group) is 1. The van der Waals surface area contributed by atoms with Crippen molar-refractivity contribution in [1.82, 2.24) is 14.8 Å². The summed E-state index contributed by atoms with van der Waals surface area (Å²) in [6.45, 7) is 9.93. The lowest BCUT2D eigenvalue weighted by Crippen LogP contribution is -2.46. The van der Waals surface area contributed by atoms with Crippen LogP contribution in [0.15, 0.2) is 5.38 Å². The van der Waals surface area contributed by atoms with Gasteiger partial charge in [-0.05, 0) is 6.54 Å². The Morgan fingerprint density at radius 1 is 1.29 bits per heavy atom. The Balaban J connectivity index is 1.72. The molecule has 2 N–H and O–H groups in total. The van der Waals surface area contributed by atoms with Crippen LogP contribution >= 0.6 is 11.3 Å². The Morgan fingerprint density at radius 3 is 2.59 bits per heavy atom. The van der Waals surface area contributed by atoms with Gasteiger partial charge in [-0.25, -0.2) is 4.98 Å². The van der Waals surface area contributed by atoms with Crippen molar-refractivity contribution in [3.8, 4) is 0 Å². The van der Waals surface area contributed by atoms with Gasteiger partial charge in [0.25, 0.3) is 0 Å². The second-order valence-corrected chi connectivity index (χ2v) is 5.41. The maximum atomic E-state index is 5.56. The number of rotatable bonds is 5. The Hall–Kier alpha value is -0.490. The third-order valence-corrected chi connectivity index (χ3v) is 4.32. The summed E-state index contributed by atoms with van der Waals surface area (Å²) in [5.74, 6) is 0. The van der Waals surface area contributed by atoms with Gasteiger partial charge < -0.3 is 15.5 Å². The van der Waals surface area contributed by atoms with Gasteiger partial charge in [-0.1, -0.05) is 6.92 Å². The first-order chi connectivity index (χ1) is 8.31. The number of nitrogens with two attached hydrogens (primary N) is 1. The third-order valence-electron chi connectivity index (χ3n) is 3.36. The monoisotopic (exact) mass is 254 g/mol. The van der Waals surface area contributed by atoms with Crippen LogP contribution in [0.25, 0.3) is 0 Å². The molecule has 0 bridgehead atoms. The molecule has 1 aliphatic rings. The first kappa shape index (κ1) is 13.0. The summed E-state index contributed by atoms with van der Waals surface area (Å²) < 4.78 is 0. The lowest BCUT2D eigenvalue weighted by Gasteiger charge is -2.33. The molecule has 0 spiro atoms. The van der Waals surface area contributed by atoms with Crippen molar-refractivity contribution in [1.29, 1.82) is 0 Å². The second-order valence-electron chi connectivity index (χ2n) is 4.46. The zero-order valence-electron chi connectivity index (χ0n) is 10.6. The van der Waals surface area contributed by atoms with E-state index in [0.717, 1.165) is 18.7 Å². The van der Waals surface area contributed by atoms with E-state index in [1.54, 1.807) is 11.3 Å². The van der Waals surface area contributed by atoms with Crippen LogP contribution in [0, 0.1) is 0 Å². The number of aromatic nitrogens is 1. The summed E-state index contributed by atoms with van der Waals surface area (Å²) in [4.78, 5) is 9.54. The highest BCUT2D eigenvalue weighted by Crippen LogP contribution is 2.11. The SMILES string of the molecule is CCN1CCN(CCc2nc(CN)cs2)CC1. The lowest BCUT2D eigenvalue weighted by molar-refractivity contribution is 0.138. The van der Waals surface area contributed by atoms with E-state index in [2.05, 4.69) is 27.1 Å². The van der Waals surface area contributed by atoms with Crippen molar-refractivity contribution in [2.75, 3.05) is 39.3 Å². The van der Waals surface area contributed by atoms with Crippen LogP contribution in [-0.2, 0) is 13.0 Å². The molecule has 1 aromatic heterocycles. The van der Waals surface area contributed by atoms with Crippen molar-refractivity contribution < 1.29 is 0 Å². The number of nitrogens with zero attached hydrogens (tertiary/aromatic N) is 3. The highest BCUT2D eigenvalue weighted by atomic mass is 32.1. The average molecular weight is 254 g/mol. The Kier molecular flexibility index (Phi) is 4.91. The van der Waals surface area contributed by atoms with Crippen LogP contribution in [-0.4, -0.2) is 54.1 Å². The van der Waals surface area contributed by atoms with E-state index in [4.69, 9.17) is 5.73 Å². The maximum absolute atomic E-state index is 5.56. The van der Waals surface area contributed by atoms with E-state index in [-0.39, 0.29) is 0 Å². The fourth-order valence-corrected chi connectivity index (χ4v) is 2.94. The summed E-state index contributed by atoms with van der Waals surface area (Å²) >= 11 is 1.74. The second kappa shape index (κ2) is 6.44. The summed E-state index contributed by atoms with van der Waals surface area (Å²) in [7, 11) is 0. The minimum absolute atomic E-state index is 0.561. The topological polar surface area (TPSA) is 45.4 Å². The molecule has 96 valence electrons. The van der Waals surface area contributed by atoms with Crippen LogP contribution in [0.3, 0.4) is 0 Å². The van der Waals surface area contributed by atoms with Gasteiger partial charge in [-0.15, -0.1) is 11.3 Å². The van der Waals surface area contributed by atoms with E-state index in [0.29, 0.717) is 6.54 Å². The molecule has 5 heteroatoms. The highest BCUT2D eigenvalue weighted by Gasteiger charge is 2.15. The molecule has 0 aliphatic carbocycles. The van der Waals surface area contributed by atoms with E-state index in [1.165, 1.54) is 37.7 Å². The molecule has 0 radical (unpaired) electrons.